The number of nitrogens with zero attached hydrogens (tertiary/aromatic N) is 2. The van der Waals surface area contributed by atoms with Crippen LogP contribution in [0.5, 0.6) is 0 Å². The van der Waals surface area contributed by atoms with Gasteiger partial charge in [0.15, 0.2) is 17.7 Å². The Morgan fingerprint density at radius 1 is 1.31 bits per heavy atom. The van der Waals surface area contributed by atoms with Gasteiger partial charge in [0.05, 0.1) is 6.61 Å². The molecule has 1 aromatic rings. The van der Waals surface area contributed by atoms with Gasteiger partial charge in [0.2, 0.25) is 0 Å². The molecule has 1 unspecified atom stereocenters. The fraction of sp³-hybridized carbons (Fsp3) is 0.500. The van der Waals surface area contributed by atoms with E-state index in [1.54, 1.807) is 14.0 Å². The fourth-order valence-electron chi connectivity index (χ4n) is 3.94. The van der Waals surface area contributed by atoms with Crippen LogP contribution < -0.4 is 0 Å². The molecule has 1 fully saturated rings. The first kappa shape index (κ1) is 18.5. The van der Waals surface area contributed by atoms with Crippen molar-refractivity contribution in [1.82, 2.24) is 4.90 Å². The molecular formula is C20H26N2O4. The van der Waals surface area contributed by atoms with Gasteiger partial charge < -0.3 is 19.8 Å². The molecule has 1 atom stereocenters. The number of aliphatic hydroxyl groups excluding tert-OH is 2. The van der Waals surface area contributed by atoms with E-state index in [1.165, 1.54) is 10.5 Å². The van der Waals surface area contributed by atoms with Crippen LogP contribution in [0.15, 0.2) is 46.8 Å². The molecule has 3 rings (SSSR count). The van der Waals surface area contributed by atoms with E-state index in [0.29, 0.717) is 12.3 Å². The summed E-state index contributed by atoms with van der Waals surface area (Å²) < 4.78 is 4.97. The van der Waals surface area contributed by atoms with Gasteiger partial charge in [-0.25, -0.2) is 9.79 Å². The zero-order valence-electron chi connectivity index (χ0n) is 15.3. The summed E-state index contributed by atoms with van der Waals surface area (Å²) in [5.74, 6) is -0.589. The zero-order valence-corrected chi connectivity index (χ0v) is 15.3. The minimum Gasteiger partial charge on any atom is -0.506 e. The number of aliphatic imine (C=N–C) groups is 1. The summed E-state index contributed by atoms with van der Waals surface area (Å²) in [5, 5.41) is 20.5. The molecule has 2 aliphatic rings. The molecule has 1 aliphatic heterocycles. The second-order valence-corrected chi connectivity index (χ2v) is 7.00. The maximum Gasteiger partial charge on any atom is 0.360 e. The van der Waals surface area contributed by atoms with Gasteiger partial charge in [-0.05, 0) is 25.3 Å². The number of amidine groups is 1. The molecular weight excluding hydrogens is 332 g/mol. The van der Waals surface area contributed by atoms with E-state index < -0.39 is 18.0 Å². The van der Waals surface area contributed by atoms with Gasteiger partial charge in [-0.2, -0.15) is 0 Å². The largest absolute Gasteiger partial charge is 0.506 e. The predicted octanol–water partition coefficient (Wildman–Crippen LogP) is 2.88. The van der Waals surface area contributed by atoms with Crippen molar-refractivity contribution in [2.75, 3.05) is 13.7 Å². The molecule has 1 aliphatic carbocycles. The van der Waals surface area contributed by atoms with Crippen LogP contribution in [0, 0.1) is 0 Å². The quantitative estimate of drug-likeness (QED) is 0.791. The molecule has 6 heteroatoms. The summed E-state index contributed by atoms with van der Waals surface area (Å²) in [7, 11) is 1.68. The Bertz CT molecular complexity index is 721. The molecule has 1 heterocycles. The third kappa shape index (κ3) is 3.33. The Kier molecular flexibility index (Phi) is 5.32. The van der Waals surface area contributed by atoms with Gasteiger partial charge in [0, 0.05) is 18.9 Å². The maximum absolute atomic E-state index is 12.1. The lowest BCUT2D eigenvalue weighted by Gasteiger charge is -2.36. The molecule has 1 saturated carbocycles. The number of hydrogen-bond acceptors (Lipinski definition) is 6. The minimum atomic E-state index is -1.30. The molecule has 0 bridgehead atoms. The van der Waals surface area contributed by atoms with Crippen molar-refractivity contribution in [1.29, 1.82) is 0 Å². The monoisotopic (exact) mass is 358 g/mol. The highest BCUT2D eigenvalue weighted by Crippen LogP contribution is 2.44. The minimum absolute atomic E-state index is 0.0686. The van der Waals surface area contributed by atoms with Gasteiger partial charge in [0.1, 0.15) is 5.84 Å². The van der Waals surface area contributed by atoms with Crippen LogP contribution in [-0.2, 0) is 14.9 Å². The molecule has 0 amide bonds. The molecule has 26 heavy (non-hydrogen) atoms. The van der Waals surface area contributed by atoms with Crippen molar-refractivity contribution in [2.45, 2.75) is 50.7 Å². The lowest BCUT2D eigenvalue weighted by molar-refractivity contribution is -0.139. The van der Waals surface area contributed by atoms with E-state index in [2.05, 4.69) is 17.1 Å². The number of aliphatic hydroxyl groups is 2. The van der Waals surface area contributed by atoms with E-state index in [4.69, 9.17) is 4.74 Å². The molecule has 6 nitrogen and oxygen atoms in total. The Labute approximate surface area is 153 Å². The van der Waals surface area contributed by atoms with Crippen molar-refractivity contribution in [3.05, 3.63) is 47.4 Å². The molecule has 140 valence electrons. The lowest BCUT2D eigenvalue weighted by atomic mass is 9.75. The second-order valence-electron chi connectivity index (χ2n) is 7.00. The highest BCUT2D eigenvalue weighted by molar-refractivity contribution is 5.96. The van der Waals surface area contributed by atoms with Crippen LogP contribution in [-0.4, -0.2) is 46.8 Å². The van der Waals surface area contributed by atoms with Gasteiger partial charge in [-0.1, -0.05) is 43.2 Å². The predicted molar refractivity (Wildman–Crippen MR) is 98.7 cm³/mol. The van der Waals surface area contributed by atoms with Crippen LogP contribution in [0.2, 0.25) is 0 Å². The summed E-state index contributed by atoms with van der Waals surface area (Å²) in [6, 6.07) is 10.3. The van der Waals surface area contributed by atoms with Crippen molar-refractivity contribution >= 4 is 11.8 Å². The van der Waals surface area contributed by atoms with E-state index in [-0.39, 0.29) is 17.7 Å². The molecule has 0 aromatic heterocycles. The number of esters is 1. The first-order valence-corrected chi connectivity index (χ1v) is 9.13. The van der Waals surface area contributed by atoms with Crippen LogP contribution in [0.25, 0.3) is 0 Å². The average Bonchev–Trinajstić information content (AvgIpc) is 3.13. The molecule has 0 saturated heterocycles. The SMILES string of the molecule is CCOC(=O)C1=C(O)C(O)N(C)C(CC2(c3ccccc3)CCCC2)=N1. The van der Waals surface area contributed by atoms with E-state index in [1.807, 2.05) is 18.2 Å². The van der Waals surface area contributed by atoms with Crippen molar-refractivity contribution in [3.8, 4) is 0 Å². The number of carbonyl (C=O) groups excluding carboxylic acids is 1. The number of likely N-dealkylation sites (N-methyl/N-ethyl adjacent to an activating group) is 1. The summed E-state index contributed by atoms with van der Waals surface area (Å²) in [4.78, 5) is 18.0. The number of benzene rings is 1. The van der Waals surface area contributed by atoms with Gasteiger partial charge in [0.25, 0.3) is 0 Å². The third-order valence-electron chi connectivity index (χ3n) is 5.41. The first-order valence-electron chi connectivity index (χ1n) is 9.13. The Morgan fingerprint density at radius 2 is 1.96 bits per heavy atom. The smallest absolute Gasteiger partial charge is 0.360 e. The molecule has 0 radical (unpaired) electrons. The van der Waals surface area contributed by atoms with E-state index in [0.717, 1.165) is 25.7 Å². The standard InChI is InChI=1S/C20H26N2O4/c1-3-26-19(25)16-17(23)18(24)22(2)15(21-16)13-20(11-7-8-12-20)14-9-5-4-6-10-14/h4-6,9-10,18,23-24H,3,7-8,11-13H2,1-2H3. The zero-order chi connectivity index (χ0) is 18.7. The first-order chi connectivity index (χ1) is 12.5. The van der Waals surface area contributed by atoms with Crippen LogP contribution in [0.4, 0.5) is 0 Å². The summed E-state index contributed by atoms with van der Waals surface area (Å²) in [6.07, 6.45) is 3.65. The number of hydrogen-bond donors (Lipinski definition) is 2. The van der Waals surface area contributed by atoms with Gasteiger partial charge >= 0.3 is 5.97 Å². The van der Waals surface area contributed by atoms with E-state index in [9.17, 15) is 15.0 Å². The normalized spacial score (nSPS) is 22.3. The summed E-state index contributed by atoms with van der Waals surface area (Å²) >= 11 is 0. The van der Waals surface area contributed by atoms with Gasteiger partial charge in [-0.3, -0.25) is 0 Å². The number of carbonyl (C=O) groups is 1. The third-order valence-corrected chi connectivity index (χ3v) is 5.41. The van der Waals surface area contributed by atoms with Crippen molar-refractivity contribution in [2.24, 2.45) is 4.99 Å². The molecule has 0 spiro atoms. The Morgan fingerprint density at radius 3 is 2.58 bits per heavy atom. The molecule has 2 N–H and O–H groups in total. The Hall–Kier alpha value is -2.34. The van der Waals surface area contributed by atoms with Crippen LogP contribution in [0.1, 0.15) is 44.6 Å². The fourth-order valence-corrected chi connectivity index (χ4v) is 3.94. The van der Waals surface area contributed by atoms with Gasteiger partial charge in [-0.15, -0.1) is 0 Å². The average molecular weight is 358 g/mol. The number of ether oxygens (including phenoxy) is 1. The second kappa shape index (κ2) is 7.50. The van der Waals surface area contributed by atoms with Crippen LogP contribution in [0.3, 0.4) is 0 Å². The molecule has 1 aromatic carbocycles. The van der Waals surface area contributed by atoms with Crippen LogP contribution >= 0.6 is 0 Å². The number of rotatable bonds is 5. The lowest BCUT2D eigenvalue weighted by Crippen LogP contribution is -2.45. The Balaban J connectivity index is 1.96. The van der Waals surface area contributed by atoms with Crippen molar-refractivity contribution in [3.63, 3.8) is 0 Å². The highest BCUT2D eigenvalue weighted by atomic mass is 16.5. The summed E-state index contributed by atoms with van der Waals surface area (Å²) in [5.41, 5.74) is 0.981. The topological polar surface area (TPSA) is 82.4 Å². The maximum atomic E-state index is 12.1. The summed E-state index contributed by atoms with van der Waals surface area (Å²) in [6.45, 7) is 1.87. The van der Waals surface area contributed by atoms with E-state index >= 15 is 0 Å². The highest BCUT2D eigenvalue weighted by Gasteiger charge is 2.40. The van der Waals surface area contributed by atoms with Crippen molar-refractivity contribution < 1.29 is 19.7 Å².